The second kappa shape index (κ2) is 2.85. The molecule has 0 fully saturated rings. The second-order valence-electron chi connectivity index (χ2n) is 3.23. The van der Waals surface area contributed by atoms with Crippen LogP contribution in [0.1, 0.15) is 34.5 Å². The quantitative estimate of drug-likeness (QED) is 0.671. The Kier molecular flexibility index (Phi) is 1.81. The average Bonchev–Trinajstić information content (AvgIpc) is 2.48. The van der Waals surface area contributed by atoms with Crippen molar-refractivity contribution in [2.45, 2.75) is 19.6 Å². The standard InChI is InChI=1S/C10H11NO2/c1-6(12)7-3-2-4-8-9(7)5-11-10(8)13/h2-4,6,12H,5H2,1H3,(H,11,13)/t6-/m1/s1. The van der Waals surface area contributed by atoms with Crippen LogP contribution in [0.15, 0.2) is 18.2 Å². The summed E-state index contributed by atoms with van der Waals surface area (Å²) < 4.78 is 0. The van der Waals surface area contributed by atoms with E-state index in [0.29, 0.717) is 12.1 Å². The van der Waals surface area contributed by atoms with Gasteiger partial charge in [0.05, 0.1) is 6.10 Å². The molecule has 68 valence electrons. The molecule has 2 rings (SSSR count). The van der Waals surface area contributed by atoms with Crippen molar-refractivity contribution in [3.8, 4) is 0 Å². The van der Waals surface area contributed by atoms with Gasteiger partial charge in [0.2, 0.25) is 0 Å². The van der Waals surface area contributed by atoms with E-state index in [4.69, 9.17) is 0 Å². The number of aliphatic hydroxyl groups is 1. The van der Waals surface area contributed by atoms with E-state index < -0.39 is 6.10 Å². The zero-order valence-electron chi connectivity index (χ0n) is 7.37. The van der Waals surface area contributed by atoms with Gasteiger partial charge in [-0.3, -0.25) is 4.79 Å². The number of hydrogen-bond acceptors (Lipinski definition) is 2. The average molecular weight is 177 g/mol. The van der Waals surface area contributed by atoms with Crippen molar-refractivity contribution in [3.63, 3.8) is 0 Å². The Hall–Kier alpha value is -1.35. The van der Waals surface area contributed by atoms with Gasteiger partial charge in [0.25, 0.3) is 5.91 Å². The molecule has 1 aromatic carbocycles. The number of carbonyl (C=O) groups excluding carboxylic acids is 1. The van der Waals surface area contributed by atoms with Crippen LogP contribution < -0.4 is 5.32 Å². The SMILES string of the molecule is C[C@@H](O)c1cccc2c1CNC2=O. The first-order chi connectivity index (χ1) is 6.20. The number of nitrogens with one attached hydrogen (secondary N) is 1. The molecule has 0 aliphatic carbocycles. The Morgan fingerprint density at radius 3 is 3.00 bits per heavy atom. The lowest BCUT2D eigenvalue weighted by Crippen LogP contribution is -2.12. The molecule has 0 aromatic heterocycles. The molecule has 3 heteroatoms. The summed E-state index contributed by atoms with van der Waals surface area (Å²) in [7, 11) is 0. The molecule has 1 aromatic rings. The highest BCUT2D eigenvalue weighted by molar-refractivity contribution is 5.98. The minimum absolute atomic E-state index is 0.0440. The fourth-order valence-electron chi connectivity index (χ4n) is 1.67. The van der Waals surface area contributed by atoms with Crippen LogP contribution in [0.25, 0.3) is 0 Å². The minimum Gasteiger partial charge on any atom is -0.389 e. The second-order valence-corrected chi connectivity index (χ2v) is 3.23. The van der Waals surface area contributed by atoms with Gasteiger partial charge in [0.15, 0.2) is 0 Å². The summed E-state index contributed by atoms with van der Waals surface area (Å²) in [6.07, 6.45) is -0.511. The third kappa shape index (κ3) is 1.21. The van der Waals surface area contributed by atoms with E-state index >= 15 is 0 Å². The first-order valence-corrected chi connectivity index (χ1v) is 4.28. The molecule has 0 unspecified atom stereocenters. The summed E-state index contributed by atoms with van der Waals surface area (Å²) >= 11 is 0. The zero-order valence-corrected chi connectivity index (χ0v) is 7.37. The van der Waals surface area contributed by atoms with Gasteiger partial charge >= 0.3 is 0 Å². The Morgan fingerprint density at radius 2 is 2.31 bits per heavy atom. The topological polar surface area (TPSA) is 49.3 Å². The van der Waals surface area contributed by atoms with Gasteiger partial charge in [0, 0.05) is 12.1 Å². The van der Waals surface area contributed by atoms with E-state index in [1.54, 1.807) is 19.1 Å². The predicted octanol–water partition coefficient (Wildman–Crippen LogP) is 0.983. The van der Waals surface area contributed by atoms with Crippen molar-refractivity contribution < 1.29 is 9.90 Å². The molecule has 1 heterocycles. The number of rotatable bonds is 1. The Bertz CT molecular complexity index is 358. The van der Waals surface area contributed by atoms with Gasteiger partial charge in [-0.25, -0.2) is 0 Å². The van der Waals surface area contributed by atoms with Crippen LogP contribution in [-0.4, -0.2) is 11.0 Å². The molecule has 0 spiro atoms. The first kappa shape index (κ1) is 8.26. The molecule has 2 N–H and O–H groups in total. The molecule has 0 saturated heterocycles. The number of carbonyl (C=O) groups is 1. The maximum atomic E-state index is 11.2. The van der Waals surface area contributed by atoms with Crippen LogP contribution in [0.3, 0.4) is 0 Å². The monoisotopic (exact) mass is 177 g/mol. The predicted molar refractivity (Wildman–Crippen MR) is 48.2 cm³/mol. The smallest absolute Gasteiger partial charge is 0.251 e. The molecular weight excluding hydrogens is 166 g/mol. The summed E-state index contributed by atoms with van der Waals surface area (Å²) in [4.78, 5) is 11.2. The molecule has 1 atom stereocenters. The molecule has 0 saturated carbocycles. The molecule has 3 nitrogen and oxygen atoms in total. The van der Waals surface area contributed by atoms with Crippen LogP contribution in [0.2, 0.25) is 0 Å². The van der Waals surface area contributed by atoms with E-state index in [1.807, 2.05) is 6.07 Å². The minimum atomic E-state index is -0.511. The van der Waals surface area contributed by atoms with Crippen molar-refractivity contribution in [2.75, 3.05) is 0 Å². The fourth-order valence-corrected chi connectivity index (χ4v) is 1.67. The highest BCUT2D eigenvalue weighted by Gasteiger charge is 2.22. The first-order valence-electron chi connectivity index (χ1n) is 4.28. The number of amides is 1. The number of fused-ring (bicyclic) bond motifs is 1. The van der Waals surface area contributed by atoms with Crippen molar-refractivity contribution in [1.29, 1.82) is 0 Å². The van der Waals surface area contributed by atoms with Crippen molar-refractivity contribution in [1.82, 2.24) is 5.32 Å². The van der Waals surface area contributed by atoms with E-state index in [2.05, 4.69) is 5.32 Å². The normalized spacial score (nSPS) is 16.6. The summed E-state index contributed by atoms with van der Waals surface area (Å²) in [6.45, 7) is 2.24. The maximum Gasteiger partial charge on any atom is 0.251 e. The van der Waals surface area contributed by atoms with E-state index in [9.17, 15) is 9.90 Å². The lowest BCUT2D eigenvalue weighted by Gasteiger charge is -2.08. The third-order valence-corrected chi connectivity index (χ3v) is 2.33. The number of benzene rings is 1. The van der Waals surface area contributed by atoms with Crippen molar-refractivity contribution in [2.24, 2.45) is 0 Å². The number of aliphatic hydroxyl groups excluding tert-OH is 1. The molecule has 1 aliphatic heterocycles. The van der Waals surface area contributed by atoms with Crippen molar-refractivity contribution in [3.05, 3.63) is 34.9 Å². The Morgan fingerprint density at radius 1 is 1.54 bits per heavy atom. The van der Waals surface area contributed by atoms with E-state index in [-0.39, 0.29) is 5.91 Å². The van der Waals surface area contributed by atoms with Crippen LogP contribution in [0.5, 0.6) is 0 Å². The van der Waals surface area contributed by atoms with Gasteiger partial charge in [-0.1, -0.05) is 12.1 Å². The van der Waals surface area contributed by atoms with Gasteiger partial charge in [0.1, 0.15) is 0 Å². The largest absolute Gasteiger partial charge is 0.389 e. The fraction of sp³-hybridized carbons (Fsp3) is 0.300. The summed E-state index contributed by atoms with van der Waals surface area (Å²) in [5, 5.41) is 12.2. The van der Waals surface area contributed by atoms with Gasteiger partial charge in [-0.2, -0.15) is 0 Å². The lowest BCUT2D eigenvalue weighted by molar-refractivity contribution is 0.0966. The maximum absolute atomic E-state index is 11.2. The highest BCUT2D eigenvalue weighted by Crippen LogP contribution is 2.24. The number of hydrogen-bond donors (Lipinski definition) is 2. The van der Waals surface area contributed by atoms with Crippen LogP contribution >= 0.6 is 0 Å². The van der Waals surface area contributed by atoms with Crippen molar-refractivity contribution >= 4 is 5.91 Å². The van der Waals surface area contributed by atoms with Crippen LogP contribution in [-0.2, 0) is 6.54 Å². The molecule has 1 aliphatic rings. The lowest BCUT2D eigenvalue weighted by atomic mass is 10.00. The molecule has 13 heavy (non-hydrogen) atoms. The summed E-state index contributed by atoms with van der Waals surface area (Å²) in [6, 6.07) is 5.43. The van der Waals surface area contributed by atoms with Crippen LogP contribution in [0.4, 0.5) is 0 Å². The van der Waals surface area contributed by atoms with Gasteiger partial charge in [-0.15, -0.1) is 0 Å². The Balaban J connectivity index is 2.57. The summed E-state index contributed by atoms with van der Waals surface area (Å²) in [5.74, 6) is -0.0440. The van der Waals surface area contributed by atoms with Gasteiger partial charge < -0.3 is 10.4 Å². The van der Waals surface area contributed by atoms with E-state index in [1.165, 1.54) is 0 Å². The highest BCUT2D eigenvalue weighted by atomic mass is 16.3. The van der Waals surface area contributed by atoms with Crippen LogP contribution in [0, 0.1) is 0 Å². The summed E-state index contributed by atoms with van der Waals surface area (Å²) in [5.41, 5.74) is 2.47. The zero-order chi connectivity index (χ0) is 9.42. The van der Waals surface area contributed by atoms with Gasteiger partial charge in [-0.05, 0) is 24.1 Å². The Labute approximate surface area is 76.4 Å². The molecule has 1 amide bonds. The van der Waals surface area contributed by atoms with E-state index in [0.717, 1.165) is 11.1 Å². The molecule has 0 radical (unpaired) electrons. The molecular formula is C10H11NO2. The molecule has 0 bridgehead atoms. The third-order valence-electron chi connectivity index (χ3n) is 2.33.